The minimum atomic E-state index is 0.237. The van der Waals surface area contributed by atoms with Gasteiger partial charge in [-0.05, 0) is 51.9 Å². The molecule has 1 aromatic carbocycles. The van der Waals surface area contributed by atoms with Crippen LogP contribution in [0, 0.1) is 0 Å². The Kier molecular flexibility index (Phi) is 5.31. The standard InChI is InChI=1S/C16H26N2S/c1-16(2,3)18-10-6-9-17-11-13-12-19-15-8-5-4-7-14(13)15/h4-5,7-8,13,17-18H,6,9-12H2,1-3H3. The van der Waals surface area contributed by atoms with Gasteiger partial charge in [0.05, 0.1) is 0 Å². The summed E-state index contributed by atoms with van der Waals surface area (Å²) in [5.41, 5.74) is 1.77. The quantitative estimate of drug-likeness (QED) is 0.781. The topological polar surface area (TPSA) is 24.1 Å². The van der Waals surface area contributed by atoms with Crippen molar-refractivity contribution in [1.29, 1.82) is 0 Å². The summed E-state index contributed by atoms with van der Waals surface area (Å²) in [6, 6.07) is 8.82. The summed E-state index contributed by atoms with van der Waals surface area (Å²) in [7, 11) is 0. The van der Waals surface area contributed by atoms with Crippen molar-refractivity contribution >= 4 is 11.8 Å². The molecule has 106 valence electrons. The zero-order chi connectivity index (χ0) is 13.7. The normalized spacial score (nSPS) is 18.6. The van der Waals surface area contributed by atoms with Crippen LogP contribution >= 0.6 is 11.8 Å². The van der Waals surface area contributed by atoms with Crippen molar-refractivity contribution < 1.29 is 0 Å². The van der Waals surface area contributed by atoms with Gasteiger partial charge >= 0.3 is 0 Å². The SMILES string of the molecule is CC(C)(C)NCCCNCC1CSc2ccccc21. The van der Waals surface area contributed by atoms with Gasteiger partial charge in [-0.3, -0.25) is 0 Å². The number of nitrogens with one attached hydrogen (secondary N) is 2. The van der Waals surface area contributed by atoms with Gasteiger partial charge in [-0.15, -0.1) is 11.8 Å². The molecule has 0 amide bonds. The molecule has 1 aliphatic rings. The number of hydrogen-bond acceptors (Lipinski definition) is 3. The molecule has 0 fully saturated rings. The number of benzene rings is 1. The summed E-state index contributed by atoms with van der Waals surface area (Å²) >= 11 is 2.00. The maximum absolute atomic E-state index is 3.60. The van der Waals surface area contributed by atoms with Crippen LogP contribution in [0.3, 0.4) is 0 Å². The van der Waals surface area contributed by atoms with E-state index in [0.717, 1.165) is 19.6 Å². The molecule has 0 saturated heterocycles. The van der Waals surface area contributed by atoms with Crippen molar-refractivity contribution in [2.24, 2.45) is 0 Å². The van der Waals surface area contributed by atoms with Crippen molar-refractivity contribution in [2.75, 3.05) is 25.4 Å². The zero-order valence-corrected chi connectivity index (χ0v) is 13.1. The Labute approximate surface area is 121 Å². The number of thioether (sulfide) groups is 1. The van der Waals surface area contributed by atoms with Gasteiger partial charge < -0.3 is 10.6 Å². The molecule has 2 N–H and O–H groups in total. The summed E-state index contributed by atoms with van der Waals surface area (Å²) in [6.45, 7) is 9.95. The first-order valence-electron chi connectivity index (χ1n) is 7.24. The monoisotopic (exact) mass is 278 g/mol. The van der Waals surface area contributed by atoms with Crippen LogP contribution in [-0.4, -0.2) is 30.9 Å². The van der Waals surface area contributed by atoms with Crippen LogP contribution < -0.4 is 10.6 Å². The van der Waals surface area contributed by atoms with Crippen LogP contribution in [0.4, 0.5) is 0 Å². The van der Waals surface area contributed by atoms with Gasteiger partial charge in [-0.1, -0.05) is 18.2 Å². The van der Waals surface area contributed by atoms with Crippen molar-refractivity contribution in [3.8, 4) is 0 Å². The summed E-state index contributed by atoms with van der Waals surface area (Å²) in [4.78, 5) is 1.48. The van der Waals surface area contributed by atoms with Crippen LogP contribution in [-0.2, 0) is 0 Å². The van der Waals surface area contributed by atoms with E-state index < -0.39 is 0 Å². The number of rotatable bonds is 6. The molecule has 2 nitrogen and oxygen atoms in total. The largest absolute Gasteiger partial charge is 0.316 e. The Balaban J connectivity index is 1.63. The van der Waals surface area contributed by atoms with E-state index in [-0.39, 0.29) is 5.54 Å². The maximum Gasteiger partial charge on any atom is 0.0108 e. The van der Waals surface area contributed by atoms with Crippen LogP contribution in [0.2, 0.25) is 0 Å². The van der Waals surface area contributed by atoms with E-state index in [0.29, 0.717) is 5.92 Å². The van der Waals surface area contributed by atoms with Gasteiger partial charge in [0.2, 0.25) is 0 Å². The second kappa shape index (κ2) is 6.78. The first-order valence-corrected chi connectivity index (χ1v) is 8.22. The molecule has 0 aliphatic carbocycles. The van der Waals surface area contributed by atoms with E-state index in [4.69, 9.17) is 0 Å². The molecular formula is C16H26N2S. The van der Waals surface area contributed by atoms with Gasteiger partial charge in [-0.2, -0.15) is 0 Å². The number of hydrogen-bond donors (Lipinski definition) is 2. The first-order chi connectivity index (χ1) is 9.06. The van der Waals surface area contributed by atoms with E-state index in [2.05, 4.69) is 55.7 Å². The van der Waals surface area contributed by atoms with Gasteiger partial charge in [0.1, 0.15) is 0 Å². The molecule has 0 saturated carbocycles. The smallest absolute Gasteiger partial charge is 0.0108 e. The fraction of sp³-hybridized carbons (Fsp3) is 0.625. The summed E-state index contributed by atoms with van der Waals surface area (Å²) in [6.07, 6.45) is 1.19. The highest BCUT2D eigenvalue weighted by molar-refractivity contribution is 7.99. The minimum absolute atomic E-state index is 0.237. The molecule has 1 atom stereocenters. The van der Waals surface area contributed by atoms with E-state index >= 15 is 0 Å². The molecule has 1 heterocycles. The van der Waals surface area contributed by atoms with Crippen molar-refractivity contribution in [2.45, 2.75) is 43.5 Å². The van der Waals surface area contributed by atoms with Gasteiger partial charge in [0.15, 0.2) is 0 Å². The highest BCUT2D eigenvalue weighted by Gasteiger charge is 2.21. The fourth-order valence-corrected chi connectivity index (χ4v) is 3.61. The van der Waals surface area contributed by atoms with Crippen molar-refractivity contribution in [3.05, 3.63) is 29.8 Å². The number of fused-ring (bicyclic) bond motifs is 1. The third-order valence-electron chi connectivity index (χ3n) is 3.38. The van der Waals surface area contributed by atoms with Crippen LogP contribution in [0.1, 0.15) is 38.7 Å². The van der Waals surface area contributed by atoms with E-state index in [1.165, 1.54) is 22.6 Å². The molecule has 0 radical (unpaired) electrons. The van der Waals surface area contributed by atoms with Gasteiger partial charge in [0.25, 0.3) is 0 Å². The minimum Gasteiger partial charge on any atom is -0.316 e. The molecule has 0 spiro atoms. The molecule has 0 aromatic heterocycles. The predicted molar refractivity (Wildman–Crippen MR) is 85.1 cm³/mol. The van der Waals surface area contributed by atoms with Gasteiger partial charge in [-0.25, -0.2) is 0 Å². The summed E-state index contributed by atoms with van der Waals surface area (Å²) in [5, 5.41) is 7.12. The second-order valence-electron chi connectivity index (χ2n) is 6.28. The Morgan fingerprint density at radius 2 is 2.00 bits per heavy atom. The highest BCUT2D eigenvalue weighted by atomic mass is 32.2. The Morgan fingerprint density at radius 1 is 1.21 bits per heavy atom. The predicted octanol–water partition coefficient (Wildman–Crippen LogP) is 3.24. The molecular weight excluding hydrogens is 252 g/mol. The lowest BCUT2D eigenvalue weighted by Crippen LogP contribution is -2.37. The van der Waals surface area contributed by atoms with Crippen molar-refractivity contribution in [1.82, 2.24) is 10.6 Å². The first kappa shape index (κ1) is 14.9. The van der Waals surface area contributed by atoms with Crippen LogP contribution in [0.5, 0.6) is 0 Å². The zero-order valence-electron chi connectivity index (χ0n) is 12.3. The Morgan fingerprint density at radius 3 is 2.79 bits per heavy atom. The fourth-order valence-electron chi connectivity index (χ4n) is 2.35. The Hall–Kier alpha value is -0.510. The summed E-state index contributed by atoms with van der Waals surface area (Å²) < 4.78 is 0. The Bertz CT molecular complexity index is 398. The van der Waals surface area contributed by atoms with E-state index in [9.17, 15) is 0 Å². The lowest BCUT2D eigenvalue weighted by molar-refractivity contribution is 0.418. The second-order valence-corrected chi connectivity index (χ2v) is 7.34. The van der Waals surface area contributed by atoms with Crippen LogP contribution in [0.25, 0.3) is 0 Å². The molecule has 19 heavy (non-hydrogen) atoms. The van der Waals surface area contributed by atoms with Crippen molar-refractivity contribution in [3.63, 3.8) is 0 Å². The van der Waals surface area contributed by atoms with E-state index in [1.807, 2.05) is 11.8 Å². The molecule has 1 unspecified atom stereocenters. The maximum atomic E-state index is 3.60. The third-order valence-corrected chi connectivity index (χ3v) is 4.63. The van der Waals surface area contributed by atoms with Crippen LogP contribution in [0.15, 0.2) is 29.2 Å². The lowest BCUT2D eigenvalue weighted by Gasteiger charge is -2.20. The molecule has 0 bridgehead atoms. The lowest BCUT2D eigenvalue weighted by atomic mass is 10.0. The molecule has 1 aromatic rings. The average molecular weight is 278 g/mol. The van der Waals surface area contributed by atoms with E-state index in [1.54, 1.807) is 0 Å². The average Bonchev–Trinajstić information content (AvgIpc) is 2.76. The molecule has 1 aliphatic heterocycles. The molecule has 2 rings (SSSR count). The highest BCUT2D eigenvalue weighted by Crippen LogP contribution is 2.38. The van der Waals surface area contributed by atoms with Gasteiger partial charge in [0, 0.05) is 28.6 Å². The molecule has 3 heteroatoms. The third kappa shape index (κ3) is 4.83. The summed E-state index contributed by atoms with van der Waals surface area (Å²) in [5.74, 6) is 1.92.